The van der Waals surface area contributed by atoms with Crippen molar-refractivity contribution < 1.29 is 0 Å². The Hall–Kier alpha value is -4.17. The minimum Gasteiger partial charge on any atom is -0.308 e. The van der Waals surface area contributed by atoms with Gasteiger partial charge in [0.25, 0.3) is 0 Å². The van der Waals surface area contributed by atoms with Crippen LogP contribution in [0.3, 0.4) is 0 Å². The molecule has 0 fully saturated rings. The van der Waals surface area contributed by atoms with Crippen LogP contribution in [0, 0.1) is 6.92 Å². The predicted molar refractivity (Wildman–Crippen MR) is 135 cm³/mol. The number of rotatable bonds is 2. The zero-order valence-electron chi connectivity index (χ0n) is 17.7. The lowest BCUT2D eigenvalue weighted by Gasteiger charge is -2.09. The second-order valence-electron chi connectivity index (χ2n) is 8.54. The quantitative estimate of drug-likeness (QED) is 0.284. The molecule has 7 aromatic rings. The molecule has 0 bridgehead atoms. The van der Waals surface area contributed by atoms with Crippen molar-refractivity contribution in [2.24, 2.45) is 0 Å². The summed E-state index contributed by atoms with van der Waals surface area (Å²) in [4.78, 5) is 4.84. The van der Waals surface area contributed by atoms with Gasteiger partial charge in [-0.05, 0) is 42.3 Å². The molecule has 0 aliphatic heterocycles. The van der Waals surface area contributed by atoms with Gasteiger partial charge < -0.3 is 4.40 Å². The first-order valence-electron chi connectivity index (χ1n) is 11.0. The molecule has 0 aliphatic rings. The van der Waals surface area contributed by atoms with Gasteiger partial charge in [0, 0.05) is 38.9 Å². The highest BCUT2D eigenvalue weighted by Crippen LogP contribution is 2.40. The van der Waals surface area contributed by atoms with E-state index < -0.39 is 0 Å². The molecule has 0 saturated heterocycles. The average molecular weight is 409 g/mol. The maximum Gasteiger partial charge on any atom is 0.0705 e. The van der Waals surface area contributed by atoms with Crippen LogP contribution in [-0.4, -0.2) is 9.38 Å². The number of para-hydroxylation sites is 2. The molecule has 0 unspecified atom stereocenters. The molecular formula is C30H20N2. The second kappa shape index (κ2) is 6.41. The Kier molecular flexibility index (Phi) is 3.51. The van der Waals surface area contributed by atoms with Gasteiger partial charge in [0.1, 0.15) is 0 Å². The third-order valence-corrected chi connectivity index (χ3v) is 6.71. The van der Waals surface area contributed by atoms with Crippen LogP contribution in [0.5, 0.6) is 0 Å². The van der Waals surface area contributed by atoms with Crippen molar-refractivity contribution in [1.29, 1.82) is 0 Å². The van der Waals surface area contributed by atoms with Gasteiger partial charge in [0.15, 0.2) is 0 Å². The third kappa shape index (κ3) is 2.32. The molecule has 7 rings (SSSR count). The maximum absolute atomic E-state index is 4.84. The van der Waals surface area contributed by atoms with Crippen LogP contribution in [0.2, 0.25) is 0 Å². The fraction of sp³-hybridized carbons (Fsp3) is 0.0333. The minimum atomic E-state index is 1.01. The molecule has 3 heterocycles. The van der Waals surface area contributed by atoms with Gasteiger partial charge >= 0.3 is 0 Å². The molecule has 2 heteroatoms. The van der Waals surface area contributed by atoms with E-state index in [0.29, 0.717) is 0 Å². The first-order chi connectivity index (χ1) is 15.8. The van der Waals surface area contributed by atoms with Gasteiger partial charge in [0.2, 0.25) is 0 Å². The van der Waals surface area contributed by atoms with Crippen molar-refractivity contribution >= 4 is 38.1 Å². The number of aromatic nitrogens is 2. The van der Waals surface area contributed by atoms with E-state index in [1.165, 1.54) is 54.8 Å². The summed E-state index contributed by atoms with van der Waals surface area (Å²) in [6, 6.07) is 34.8. The summed E-state index contributed by atoms with van der Waals surface area (Å²) in [5.41, 5.74) is 9.61. The van der Waals surface area contributed by atoms with Crippen molar-refractivity contribution in [3.63, 3.8) is 0 Å². The summed E-state index contributed by atoms with van der Waals surface area (Å²) in [5, 5.41) is 5.21. The number of nitrogens with zero attached hydrogens (tertiary/aromatic N) is 2. The van der Waals surface area contributed by atoms with E-state index in [4.69, 9.17) is 4.98 Å². The molecule has 0 N–H and O–H groups in total. The molecule has 0 atom stereocenters. The molecule has 150 valence electrons. The molecule has 3 aromatic heterocycles. The summed E-state index contributed by atoms with van der Waals surface area (Å²) in [6.07, 6.45) is 2.00. The van der Waals surface area contributed by atoms with Crippen LogP contribution >= 0.6 is 0 Å². The van der Waals surface area contributed by atoms with E-state index in [0.717, 1.165) is 11.3 Å². The summed E-state index contributed by atoms with van der Waals surface area (Å²) in [7, 11) is 0. The van der Waals surface area contributed by atoms with Gasteiger partial charge in [-0.15, -0.1) is 0 Å². The Morgan fingerprint density at radius 3 is 2.16 bits per heavy atom. The lowest BCUT2D eigenvalue weighted by atomic mass is 10.00. The highest BCUT2D eigenvalue weighted by atomic mass is 14.9. The van der Waals surface area contributed by atoms with Crippen molar-refractivity contribution in [3.05, 3.63) is 109 Å². The van der Waals surface area contributed by atoms with Crippen LogP contribution in [0.25, 0.3) is 60.5 Å². The molecule has 0 spiro atoms. The molecule has 0 amide bonds. The van der Waals surface area contributed by atoms with Crippen LogP contribution in [0.1, 0.15) is 5.56 Å². The summed E-state index contributed by atoms with van der Waals surface area (Å²) < 4.78 is 2.41. The monoisotopic (exact) mass is 408 g/mol. The number of hydrogen-bond acceptors (Lipinski definition) is 1. The lowest BCUT2D eigenvalue weighted by molar-refractivity contribution is 1.29. The van der Waals surface area contributed by atoms with Crippen molar-refractivity contribution in [2.75, 3.05) is 0 Å². The number of hydrogen-bond donors (Lipinski definition) is 0. The minimum absolute atomic E-state index is 1.01. The molecule has 0 radical (unpaired) electrons. The Bertz CT molecular complexity index is 1770. The Morgan fingerprint density at radius 2 is 1.31 bits per heavy atom. The van der Waals surface area contributed by atoms with Gasteiger partial charge in [-0.25, -0.2) is 0 Å². The van der Waals surface area contributed by atoms with Crippen LogP contribution in [0.4, 0.5) is 0 Å². The van der Waals surface area contributed by atoms with Crippen molar-refractivity contribution in [3.8, 4) is 22.4 Å². The standard InChI is InChI=1S/C30H20N2/c1-19-16-27(31-18-26(19)20-8-3-2-4-9-20)21-14-15-29-25(17-21)24-12-7-11-23-22-10-5-6-13-28(22)32(29)30(23)24/h2-18H,1H3. The number of benzene rings is 4. The number of fused-ring (bicyclic) bond motifs is 6. The first-order valence-corrected chi connectivity index (χ1v) is 11.0. The van der Waals surface area contributed by atoms with E-state index >= 15 is 0 Å². The van der Waals surface area contributed by atoms with Crippen LogP contribution < -0.4 is 0 Å². The molecule has 32 heavy (non-hydrogen) atoms. The summed E-state index contributed by atoms with van der Waals surface area (Å²) in [5.74, 6) is 0. The molecular weight excluding hydrogens is 388 g/mol. The zero-order chi connectivity index (χ0) is 21.2. The number of pyridine rings is 1. The summed E-state index contributed by atoms with van der Waals surface area (Å²) >= 11 is 0. The van der Waals surface area contributed by atoms with E-state index in [1.807, 2.05) is 12.3 Å². The van der Waals surface area contributed by atoms with Gasteiger partial charge in [-0.2, -0.15) is 0 Å². The molecule has 0 aliphatic carbocycles. The zero-order valence-corrected chi connectivity index (χ0v) is 17.7. The van der Waals surface area contributed by atoms with Gasteiger partial charge in [-0.3, -0.25) is 4.98 Å². The highest BCUT2D eigenvalue weighted by molar-refractivity contribution is 6.23. The normalized spacial score (nSPS) is 11.9. The SMILES string of the molecule is Cc1cc(-c2ccc3c(c2)c2cccc4c5ccccc5n3c42)ncc1-c1ccccc1. The molecule has 0 saturated carbocycles. The fourth-order valence-electron chi connectivity index (χ4n) is 5.23. The van der Waals surface area contributed by atoms with Crippen molar-refractivity contribution in [1.82, 2.24) is 9.38 Å². The third-order valence-electron chi connectivity index (χ3n) is 6.71. The Balaban J connectivity index is 1.46. The van der Waals surface area contributed by atoms with Crippen LogP contribution in [0.15, 0.2) is 103 Å². The first kappa shape index (κ1) is 17.5. The average Bonchev–Trinajstić information content (AvgIpc) is 3.36. The van der Waals surface area contributed by atoms with E-state index in [-0.39, 0.29) is 0 Å². The highest BCUT2D eigenvalue weighted by Gasteiger charge is 2.17. The fourth-order valence-corrected chi connectivity index (χ4v) is 5.23. The maximum atomic E-state index is 4.84. The summed E-state index contributed by atoms with van der Waals surface area (Å²) in [6.45, 7) is 2.17. The predicted octanol–water partition coefficient (Wildman–Crippen LogP) is 7.87. The van der Waals surface area contributed by atoms with Crippen LogP contribution in [-0.2, 0) is 0 Å². The lowest BCUT2D eigenvalue weighted by Crippen LogP contribution is -1.90. The van der Waals surface area contributed by atoms with E-state index in [1.54, 1.807) is 0 Å². The van der Waals surface area contributed by atoms with E-state index in [2.05, 4.69) is 102 Å². The topological polar surface area (TPSA) is 17.3 Å². The van der Waals surface area contributed by atoms with Gasteiger partial charge in [-0.1, -0.05) is 72.8 Å². The number of aryl methyl sites for hydroxylation is 1. The smallest absolute Gasteiger partial charge is 0.0705 e. The Labute approximate surface area is 185 Å². The van der Waals surface area contributed by atoms with E-state index in [9.17, 15) is 0 Å². The molecule has 4 aromatic carbocycles. The van der Waals surface area contributed by atoms with Gasteiger partial charge in [0.05, 0.1) is 22.2 Å². The Morgan fingerprint density at radius 1 is 0.594 bits per heavy atom. The second-order valence-corrected chi connectivity index (χ2v) is 8.54. The molecule has 2 nitrogen and oxygen atoms in total. The van der Waals surface area contributed by atoms with Crippen molar-refractivity contribution in [2.45, 2.75) is 6.92 Å². The largest absolute Gasteiger partial charge is 0.308 e.